The Hall–Kier alpha value is -2.71. The second-order valence-electron chi connectivity index (χ2n) is 6.54. The lowest BCUT2D eigenvalue weighted by atomic mass is 9.75. The summed E-state index contributed by atoms with van der Waals surface area (Å²) >= 11 is 0. The molecular weight excluding hydrogens is 326 g/mol. The third kappa shape index (κ3) is 3.26. The minimum atomic E-state index is -1.26. The minimum absolute atomic E-state index is 0.305. The van der Waals surface area contributed by atoms with Crippen molar-refractivity contribution in [3.05, 3.63) is 28.9 Å². The molecule has 2 N–H and O–H groups in total. The van der Waals surface area contributed by atoms with E-state index in [4.69, 9.17) is 0 Å². The molecule has 25 heavy (non-hydrogen) atoms. The topological polar surface area (TPSA) is 119 Å². The first-order valence-corrected chi connectivity index (χ1v) is 8.39. The Morgan fingerprint density at radius 1 is 1.36 bits per heavy atom. The van der Waals surface area contributed by atoms with Crippen molar-refractivity contribution in [3.63, 3.8) is 0 Å². The lowest BCUT2D eigenvalue weighted by Gasteiger charge is -2.37. The summed E-state index contributed by atoms with van der Waals surface area (Å²) in [6, 6.07) is 1.53. The van der Waals surface area contributed by atoms with E-state index in [9.17, 15) is 19.5 Å². The molecular formula is C16H21N5O4. The number of aliphatic carboxylic acids is 1. The summed E-state index contributed by atoms with van der Waals surface area (Å²) < 4.78 is 2.33. The summed E-state index contributed by atoms with van der Waals surface area (Å²) in [6.45, 7) is 1.76. The average molecular weight is 347 g/mol. The van der Waals surface area contributed by atoms with E-state index in [-0.39, 0.29) is 6.54 Å². The molecule has 9 heteroatoms. The highest BCUT2D eigenvalue weighted by molar-refractivity contribution is 5.87. The summed E-state index contributed by atoms with van der Waals surface area (Å²) in [6.07, 6.45) is 6.14. The minimum Gasteiger partial charge on any atom is -0.480 e. The van der Waals surface area contributed by atoms with Gasteiger partial charge in [-0.15, -0.1) is 0 Å². The first-order valence-electron chi connectivity index (χ1n) is 8.39. The Morgan fingerprint density at radius 3 is 2.72 bits per heavy atom. The highest BCUT2D eigenvalue weighted by Gasteiger charge is 2.42. The Morgan fingerprint density at radius 2 is 2.08 bits per heavy atom. The zero-order valence-electron chi connectivity index (χ0n) is 14.0. The highest BCUT2D eigenvalue weighted by Crippen LogP contribution is 2.34. The van der Waals surface area contributed by atoms with Crippen LogP contribution >= 0.6 is 0 Å². The molecule has 0 saturated heterocycles. The van der Waals surface area contributed by atoms with Crippen LogP contribution in [0.4, 0.5) is 0 Å². The van der Waals surface area contributed by atoms with E-state index < -0.39 is 23.0 Å². The molecule has 1 aliphatic carbocycles. The quantitative estimate of drug-likeness (QED) is 0.810. The number of amides is 1. The fourth-order valence-electron chi connectivity index (χ4n) is 3.40. The number of hydrogen-bond donors (Lipinski definition) is 2. The van der Waals surface area contributed by atoms with Crippen LogP contribution in [-0.2, 0) is 16.1 Å². The zero-order chi connectivity index (χ0) is 18.0. The van der Waals surface area contributed by atoms with E-state index in [1.807, 2.05) is 0 Å². The van der Waals surface area contributed by atoms with Crippen LogP contribution in [-0.4, -0.2) is 41.9 Å². The van der Waals surface area contributed by atoms with Gasteiger partial charge >= 0.3 is 5.97 Å². The molecule has 0 unspecified atom stereocenters. The Kier molecular flexibility index (Phi) is 4.56. The first-order chi connectivity index (χ1) is 11.9. The van der Waals surface area contributed by atoms with Crippen LogP contribution in [0.3, 0.4) is 0 Å². The molecule has 0 aromatic carbocycles. The summed E-state index contributed by atoms with van der Waals surface area (Å²) in [7, 11) is 0. The standard InChI is InChI=1S/C16H21N5O4/c1-2-11-3-6-16(7-4-11,15(24)25)19-13(22)9-20-14(23)12-5-8-17-21(12)10-18-20/h5,8,10-11H,2-4,6-7,9H2,1H3,(H,19,22)(H,24,25). The van der Waals surface area contributed by atoms with Crippen molar-refractivity contribution in [2.75, 3.05) is 0 Å². The van der Waals surface area contributed by atoms with Gasteiger partial charge < -0.3 is 10.4 Å². The molecule has 0 radical (unpaired) electrons. The van der Waals surface area contributed by atoms with Crippen molar-refractivity contribution in [3.8, 4) is 0 Å². The normalized spacial score (nSPS) is 23.5. The van der Waals surface area contributed by atoms with Gasteiger partial charge in [0.15, 0.2) is 0 Å². The predicted molar refractivity (Wildman–Crippen MR) is 88.0 cm³/mol. The second kappa shape index (κ2) is 6.66. The monoisotopic (exact) mass is 347 g/mol. The van der Waals surface area contributed by atoms with Gasteiger partial charge in [-0.25, -0.2) is 14.0 Å². The van der Waals surface area contributed by atoms with Crippen LogP contribution in [0.25, 0.3) is 5.52 Å². The van der Waals surface area contributed by atoms with E-state index in [0.717, 1.165) is 23.9 Å². The molecule has 1 fully saturated rings. The summed E-state index contributed by atoms with van der Waals surface area (Å²) in [5.41, 5.74) is -1.40. The SMILES string of the molecule is CCC1CCC(NC(=O)Cn2ncn3nccc3c2=O)(C(=O)O)CC1. The Bertz CT molecular complexity index is 848. The number of fused-ring (bicyclic) bond motifs is 1. The number of nitrogens with one attached hydrogen (secondary N) is 1. The van der Waals surface area contributed by atoms with Gasteiger partial charge in [0.25, 0.3) is 5.56 Å². The van der Waals surface area contributed by atoms with Gasteiger partial charge in [-0.1, -0.05) is 13.3 Å². The zero-order valence-corrected chi connectivity index (χ0v) is 14.0. The molecule has 2 heterocycles. The molecule has 3 rings (SSSR count). The maximum Gasteiger partial charge on any atom is 0.329 e. The predicted octanol–water partition coefficient (Wildman–Crippen LogP) is 0.431. The van der Waals surface area contributed by atoms with E-state index in [1.54, 1.807) is 0 Å². The molecule has 2 aromatic rings. The van der Waals surface area contributed by atoms with Crippen molar-refractivity contribution in [1.29, 1.82) is 0 Å². The van der Waals surface area contributed by atoms with Crippen LogP contribution in [0, 0.1) is 5.92 Å². The van der Waals surface area contributed by atoms with Gasteiger partial charge in [0.1, 0.15) is 23.9 Å². The fraction of sp³-hybridized carbons (Fsp3) is 0.562. The molecule has 1 aliphatic rings. The van der Waals surface area contributed by atoms with Crippen molar-refractivity contribution < 1.29 is 14.7 Å². The first kappa shape index (κ1) is 17.1. The highest BCUT2D eigenvalue weighted by atomic mass is 16.4. The van der Waals surface area contributed by atoms with E-state index in [1.165, 1.54) is 23.1 Å². The van der Waals surface area contributed by atoms with Crippen LogP contribution in [0.15, 0.2) is 23.4 Å². The molecule has 1 saturated carbocycles. The molecule has 2 aromatic heterocycles. The lowest BCUT2D eigenvalue weighted by molar-refractivity contribution is -0.150. The van der Waals surface area contributed by atoms with Crippen molar-refractivity contribution in [1.82, 2.24) is 24.7 Å². The maximum absolute atomic E-state index is 12.4. The van der Waals surface area contributed by atoms with E-state index in [2.05, 4.69) is 22.4 Å². The number of aromatic nitrogens is 4. The molecule has 0 aliphatic heterocycles. The summed E-state index contributed by atoms with van der Waals surface area (Å²) in [5, 5.41) is 20.1. The van der Waals surface area contributed by atoms with Gasteiger partial charge in [0.2, 0.25) is 5.91 Å². The number of rotatable bonds is 5. The second-order valence-corrected chi connectivity index (χ2v) is 6.54. The maximum atomic E-state index is 12.4. The number of carbonyl (C=O) groups is 2. The van der Waals surface area contributed by atoms with Gasteiger partial charge in [-0.3, -0.25) is 9.59 Å². The number of hydrogen-bond acceptors (Lipinski definition) is 5. The van der Waals surface area contributed by atoms with E-state index in [0.29, 0.717) is 24.3 Å². The Balaban J connectivity index is 1.74. The number of carbonyl (C=O) groups excluding carboxylic acids is 1. The van der Waals surface area contributed by atoms with Gasteiger partial charge in [-0.05, 0) is 37.7 Å². The van der Waals surface area contributed by atoms with Gasteiger partial charge in [0.05, 0.1) is 6.20 Å². The molecule has 0 spiro atoms. The summed E-state index contributed by atoms with van der Waals surface area (Å²) in [4.78, 5) is 36.4. The summed E-state index contributed by atoms with van der Waals surface area (Å²) in [5.74, 6) is -1.06. The van der Waals surface area contributed by atoms with Crippen molar-refractivity contribution in [2.45, 2.75) is 51.1 Å². The lowest BCUT2D eigenvalue weighted by Crippen LogP contribution is -2.57. The smallest absolute Gasteiger partial charge is 0.329 e. The van der Waals surface area contributed by atoms with Crippen molar-refractivity contribution >= 4 is 17.4 Å². The van der Waals surface area contributed by atoms with Crippen LogP contribution in [0.2, 0.25) is 0 Å². The average Bonchev–Trinajstić information content (AvgIpc) is 3.07. The van der Waals surface area contributed by atoms with Crippen LogP contribution in [0.1, 0.15) is 39.0 Å². The van der Waals surface area contributed by atoms with Gasteiger partial charge in [-0.2, -0.15) is 10.2 Å². The molecule has 0 atom stereocenters. The molecule has 0 bridgehead atoms. The number of carboxylic acid groups (broad SMARTS) is 1. The van der Waals surface area contributed by atoms with E-state index >= 15 is 0 Å². The largest absolute Gasteiger partial charge is 0.480 e. The third-order valence-corrected chi connectivity index (χ3v) is 5.04. The Labute approximate surface area is 143 Å². The number of nitrogens with zero attached hydrogens (tertiary/aromatic N) is 4. The number of carboxylic acids is 1. The van der Waals surface area contributed by atoms with Crippen LogP contribution in [0.5, 0.6) is 0 Å². The third-order valence-electron chi connectivity index (χ3n) is 5.04. The van der Waals surface area contributed by atoms with Gasteiger partial charge in [0, 0.05) is 0 Å². The molecule has 9 nitrogen and oxygen atoms in total. The molecule has 1 amide bonds. The fourth-order valence-corrected chi connectivity index (χ4v) is 3.40. The van der Waals surface area contributed by atoms with Crippen LogP contribution < -0.4 is 10.9 Å². The van der Waals surface area contributed by atoms with Crippen molar-refractivity contribution in [2.24, 2.45) is 5.92 Å². The molecule has 134 valence electrons.